The number of carbonyl (C=O) groups is 1. The number of fused-ring (bicyclic) bond motifs is 1. The minimum Gasteiger partial charge on any atom is -0.344 e. The van der Waals surface area contributed by atoms with Crippen LogP contribution in [0.1, 0.15) is 24.3 Å². The summed E-state index contributed by atoms with van der Waals surface area (Å²) >= 11 is 2.79. The van der Waals surface area contributed by atoms with E-state index in [9.17, 15) is 9.59 Å². The number of amides is 1. The second kappa shape index (κ2) is 7.20. The van der Waals surface area contributed by atoms with Crippen LogP contribution in [-0.4, -0.2) is 27.3 Å². The van der Waals surface area contributed by atoms with Gasteiger partial charge in [-0.05, 0) is 33.3 Å². The van der Waals surface area contributed by atoms with Gasteiger partial charge in [0.05, 0.1) is 17.2 Å². The third-order valence-electron chi connectivity index (χ3n) is 3.59. The van der Waals surface area contributed by atoms with E-state index in [1.165, 1.54) is 23.1 Å². The van der Waals surface area contributed by atoms with Crippen molar-refractivity contribution in [3.05, 3.63) is 20.8 Å². The lowest BCUT2D eigenvalue weighted by molar-refractivity contribution is -0.120. The predicted molar refractivity (Wildman–Crippen MR) is 96.2 cm³/mol. The third kappa shape index (κ3) is 3.43. The van der Waals surface area contributed by atoms with Crippen LogP contribution in [0, 0.1) is 26.2 Å². The molecule has 0 radical (unpaired) electrons. The van der Waals surface area contributed by atoms with Crippen molar-refractivity contribution in [3.8, 4) is 12.3 Å². The van der Waals surface area contributed by atoms with Crippen LogP contribution in [0.3, 0.4) is 0 Å². The Hall–Kier alpha value is -1.78. The Balaban J connectivity index is 2.43. The van der Waals surface area contributed by atoms with Gasteiger partial charge >= 0.3 is 0 Å². The number of carbonyl (C=O) groups excluding carboxylic acids is 1. The van der Waals surface area contributed by atoms with E-state index < -0.39 is 0 Å². The van der Waals surface area contributed by atoms with E-state index in [0.717, 1.165) is 15.3 Å². The quantitative estimate of drug-likeness (QED) is 0.511. The number of terminal acetylenes is 1. The maximum absolute atomic E-state index is 12.7. The number of nitrogens with one attached hydrogen (secondary N) is 1. The molecule has 0 aliphatic carbocycles. The van der Waals surface area contributed by atoms with Crippen LogP contribution >= 0.6 is 23.1 Å². The number of thioether (sulfide) groups is 1. The molecule has 23 heavy (non-hydrogen) atoms. The first-order valence-corrected chi connectivity index (χ1v) is 8.98. The van der Waals surface area contributed by atoms with Gasteiger partial charge in [0.15, 0.2) is 5.16 Å². The SMILES string of the molecule is C#CCNC(=O)C(C)Sc1nc2sc(C)c(C)c2c(=O)n1CC. The van der Waals surface area contributed by atoms with Crippen molar-refractivity contribution < 1.29 is 4.79 Å². The first kappa shape index (κ1) is 17.6. The number of rotatable bonds is 5. The number of thiophene rings is 1. The van der Waals surface area contributed by atoms with Crippen LogP contribution < -0.4 is 10.9 Å². The average Bonchev–Trinajstić information content (AvgIpc) is 2.79. The van der Waals surface area contributed by atoms with Crippen molar-refractivity contribution in [2.45, 2.75) is 44.6 Å². The summed E-state index contributed by atoms with van der Waals surface area (Å²) in [4.78, 5) is 31.1. The lowest BCUT2D eigenvalue weighted by Gasteiger charge is -2.14. The number of nitrogens with zero attached hydrogens (tertiary/aromatic N) is 2. The van der Waals surface area contributed by atoms with E-state index in [2.05, 4.69) is 16.2 Å². The molecule has 122 valence electrons. The highest BCUT2D eigenvalue weighted by atomic mass is 32.2. The molecule has 1 amide bonds. The molecule has 5 nitrogen and oxygen atoms in total. The second-order valence-electron chi connectivity index (χ2n) is 5.09. The fourth-order valence-corrected chi connectivity index (χ4v) is 4.24. The summed E-state index contributed by atoms with van der Waals surface area (Å²) in [5, 5.41) is 3.51. The normalized spacial score (nSPS) is 12.1. The second-order valence-corrected chi connectivity index (χ2v) is 7.60. The molecular formula is C16H19N3O2S2. The van der Waals surface area contributed by atoms with Crippen LogP contribution in [-0.2, 0) is 11.3 Å². The van der Waals surface area contributed by atoms with Crippen molar-refractivity contribution in [1.29, 1.82) is 0 Å². The minimum absolute atomic E-state index is 0.0434. The minimum atomic E-state index is -0.382. The Labute approximate surface area is 143 Å². The fraction of sp³-hybridized carbons (Fsp3) is 0.438. The highest BCUT2D eigenvalue weighted by Gasteiger charge is 2.20. The molecule has 2 aromatic heterocycles. The Morgan fingerprint density at radius 3 is 2.83 bits per heavy atom. The van der Waals surface area contributed by atoms with E-state index in [1.54, 1.807) is 11.5 Å². The third-order valence-corrected chi connectivity index (χ3v) is 5.78. The average molecular weight is 349 g/mol. The van der Waals surface area contributed by atoms with Gasteiger partial charge in [0.1, 0.15) is 4.83 Å². The first-order valence-electron chi connectivity index (χ1n) is 7.29. The van der Waals surface area contributed by atoms with Crippen molar-refractivity contribution in [2.24, 2.45) is 0 Å². The van der Waals surface area contributed by atoms with Gasteiger partial charge in [-0.1, -0.05) is 17.7 Å². The summed E-state index contributed by atoms with van der Waals surface area (Å²) in [6, 6.07) is 0. The monoisotopic (exact) mass is 349 g/mol. The molecule has 0 aromatic carbocycles. The standard InChI is InChI=1S/C16H19N3O2S2/c1-6-8-17-13(20)11(5)23-16-18-14-12(9(3)10(4)22-14)15(21)19(16)7-2/h1,11H,7-8H2,2-5H3,(H,17,20). The summed E-state index contributed by atoms with van der Waals surface area (Å²) in [6.07, 6.45) is 5.15. The topological polar surface area (TPSA) is 64.0 Å². The molecule has 0 fully saturated rings. The fourth-order valence-electron chi connectivity index (χ4n) is 2.17. The Morgan fingerprint density at radius 2 is 2.22 bits per heavy atom. The Kier molecular flexibility index (Phi) is 5.50. The first-order chi connectivity index (χ1) is 10.9. The molecule has 1 N–H and O–H groups in total. The van der Waals surface area contributed by atoms with Crippen LogP contribution in [0.4, 0.5) is 0 Å². The lowest BCUT2D eigenvalue weighted by Crippen LogP contribution is -2.32. The van der Waals surface area contributed by atoms with Gasteiger partial charge in [0.25, 0.3) is 5.56 Å². The molecule has 0 aliphatic heterocycles. The van der Waals surface area contributed by atoms with Crippen molar-refractivity contribution >= 4 is 39.2 Å². The van der Waals surface area contributed by atoms with Gasteiger partial charge in [-0.3, -0.25) is 14.2 Å². The van der Waals surface area contributed by atoms with Gasteiger partial charge in [-0.15, -0.1) is 17.8 Å². The zero-order valence-corrected chi connectivity index (χ0v) is 15.2. The van der Waals surface area contributed by atoms with Crippen LogP contribution in [0.5, 0.6) is 0 Å². The maximum Gasteiger partial charge on any atom is 0.263 e. The summed E-state index contributed by atoms with van der Waals surface area (Å²) in [7, 11) is 0. The van der Waals surface area contributed by atoms with Gasteiger partial charge in [0.2, 0.25) is 5.91 Å². The maximum atomic E-state index is 12.7. The highest BCUT2D eigenvalue weighted by molar-refractivity contribution is 8.00. The Morgan fingerprint density at radius 1 is 1.52 bits per heavy atom. The largest absolute Gasteiger partial charge is 0.344 e. The summed E-state index contributed by atoms with van der Waals surface area (Å²) in [5.41, 5.74) is 0.944. The molecule has 2 aromatic rings. The van der Waals surface area contributed by atoms with E-state index >= 15 is 0 Å². The van der Waals surface area contributed by atoms with E-state index in [1.807, 2.05) is 20.8 Å². The molecule has 0 aliphatic rings. The van der Waals surface area contributed by atoms with Crippen LogP contribution in [0.25, 0.3) is 10.2 Å². The smallest absolute Gasteiger partial charge is 0.263 e. The zero-order valence-electron chi connectivity index (χ0n) is 13.6. The molecule has 0 spiro atoms. The molecule has 0 bridgehead atoms. The van der Waals surface area contributed by atoms with Crippen LogP contribution in [0.15, 0.2) is 9.95 Å². The predicted octanol–water partition coefficient (Wildman–Crippen LogP) is 2.32. The summed E-state index contributed by atoms with van der Waals surface area (Å²) in [6.45, 7) is 8.31. The number of aromatic nitrogens is 2. The number of hydrogen-bond donors (Lipinski definition) is 1. The van der Waals surface area contributed by atoms with E-state index in [4.69, 9.17) is 6.42 Å². The number of aryl methyl sites for hydroxylation is 2. The van der Waals surface area contributed by atoms with Gasteiger partial charge in [-0.2, -0.15) is 0 Å². The van der Waals surface area contributed by atoms with Gasteiger partial charge < -0.3 is 5.32 Å². The summed E-state index contributed by atoms with van der Waals surface area (Å²) < 4.78 is 1.62. The lowest BCUT2D eigenvalue weighted by atomic mass is 10.2. The van der Waals surface area contributed by atoms with Crippen molar-refractivity contribution in [3.63, 3.8) is 0 Å². The highest BCUT2D eigenvalue weighted by Crippen LogP contribution is 2.29. The molecular weight excluding hydrogens is 330 g/mol. The molecule has 1 unspecified atom stereocenters. The Bertz CT molecular complexity index is 846. The molecule has 7 heteroatoms. The zero-order chi connectivity index (χ0) is 17.1. The number of hydrogen-bond acceptors (Lipinski definition) is 5. The molecule has 1 atom stereocenters. The summed E-state index contributed by atoms with van der Waals surface area (Å²) in [5.74, 6) is 2.21. The molecule has 0 saturated carbocycles. The van der Waals surface area contributed by atoms with Crippen molar-refractivity contribution in [2.75, 3.05) is 6.54 Å². The van der Waals surface area contributed by atoms with E-state index in [0.29, 0.717) is 17.1 Å². The molecule has 2 heterocycles. The molecule has 2 rings (SSSR count). The van der Waals surface area contributed by atoms with E-state index in [-0.39, 0.29) is 23.3 Å². The van der Waals surface area contributed by atoms with Gasteiger partial charge in [-0.25, -0.2) is 4.98 Å². The van der Waals surface area contributed by atoms with Crippen molar-refractivity contribution in [1.82, 2.24) is 14.9 Å². The van der Waals surface area contributed by atoms with Gasteiger partial charge in [0, 0.05) is 11.4 Å². The molecule has 0 saturated heterocycles. The van der Waals surface area contributed by atoms with Crippen LogP contribution in [0.2, 0.25) is 0 Å².